The molecule has 0 bridgehead atoms. The minimum atomic E-state index is -3.59. The van der Waals surface area contributed by atoms with Gasteiger partial charge in [-0.15, -0.1) is 0 Å². The number of carbonyl (C=O) groups excluding carboxylic acids is 2. The number of nitrogens with zero attached hydrogens (tertiary/aromatic N) is 1. The van der Waals surface area contributed by atoms with Gasteiger partial charge in [-0.05, 0) is 49.1 Å². The van der Waals surface area contributed by atoms with E-state index in [9.17, 15) is 18.0 Å². The predicted molar refractivity (Wildman–Crippen MR) is 120 cm³/mol. The molecule has 1 saturated heterocycles. The first-order valence-corrected chi connectivity index (χ1v) is 12.1. The molecule has 1 heterocycles. The highest BCUT2D eigenvalue weighted by Gasteiger charge is 2.33. The summed E-state index contributed by atoms with van der Waals surface area (Å²) in [6.07, 6.45) is 2.91. The van der Waals surface area contributed by atoms with E-state index in [4.69, 9.17) is 4.74 Å². The monoisotopic (exact) mass is 459 g/mol. The lowest BCUT2D eigenvalue weighted by Crippen LogP contribution is -2.46. The number of methoxy groups -OCH3 is 1. The maximum Gasteiger partial charge on any atom is 0.309 e. The van der Waals surface area contributed by atoms with E-state index >= 15 is 0 Å². The maximum atomic E-state index is 13.0. The van der Waals surface area contributed by atoms with Gasteiger partial charge < -0.3 is 15.4 Å². The van der Waals surface area contributed by atoms with E-state index in [0.717, 1.165) is 24.8 Å². The quantitative estimate of drug-likeness (QED) is 0.588. The molecule has 1 aliphatic heterocycles. The molecule has 1 fully saturated rings. The molecule has 9 heteroatoms. The molecule has 1 aliphatic rings. The van der Waals surface area contributed by atoms with Crippen LogP contribution >= 0.6 is 0 Å². The number of hydrogen-bond donors (Lipinski definition) is 2. The second-order valence-corrected chi connectivity index (χ2v) is 9.55. The Morgan fingerprint density at radius 2 is 1.78 bits per heavy atom. The lowest BCUT2D eigenvalue weighted by molar-refractivity contribution is -0.139. The van der Waals surface area contributed by atoms with Crippen molar-refractivity contribution in [2.24, 2.45) is 0 Å². The summed E-state index contributed by atoms with van der Waals surface area (Å²) in [5.41, 5.74) is 0.814. The van der Waals surface area contributed by atoms with Gasteiger partial charge in [0.25, 0.3) is 0 Å². The smallest absolute Gasteiger partial charge is 0.309 e. The van der Waals surface area contributed by atoms with Crippen LogP contribution in [0.15, 0.2) is 59.5 Å². The summed E-state index contributed by atoms with van der Waals surface area (Å²) in [6, 6.07) is 15.4. The summed E-state index contributed by atoms with van der Waals surface area (Å²) in [5, 5.41) is 5.18. The highest BCUT2D eigenvalue weighted by atomic mass is 32.2. The second-order valence-electron chi connectivity index (χ2n) is 7.66. The molecule has 2 aromatic rings. The predicted octanol–water partition coefficient (Wildman–Crippen LogP) is 2.06. The van der Waals surface area contributed by atoms with Crippen molar-refractivity contribution < 1.29 is 22.7 Å². The zero-order chi connectivity index (χ0) is 23.0. The van der Waals surface area contributed by atoms with Gasteiger partial charge >= 0.3 is 11.8 Å². The number of hydrogen-bond acceptors (Lipinski definition) is 5. The van der Waals surface area contributed by atoms with E-state index in [1.165, 1.54) is 4.31 Å². The molecule has 2 aromatic carbocycles. The molecule has 1 atom stereocenters. The average molecular weight is 460 g/mol. The minimum Gasteiger partial charge on any atom is -0.497 e. The molecule has 172 valence electrons. The normalized spacial score (nSPS) is 16.8. The number of carbonyl (C=O) groups is 2. The number of amides is 2. The third-order valence-corrected chi connectivity index (χ3v) is 7.45. The van der Waals surface area contributed by atoms with E-state index in [-0.39, 0.29) is 24.0 Å². The molecule has 0 spiro atoms. The summed E-state index contributed by atoms with van der Waals surface area (Å²) in [5.74, 6) is -0.796. The van der Waals surface area contributed by atoms with Gasteiger partial charge in [-0.1, -0.05) is 36.8 Å². The standard InChI is InChI=1S/C23H29N3O5S/c1-31-20-10-7-8-18(16-20)17-25-23(28)22(27)24-14-13-19-9-5-6-15-26(19)32(29,30)21-11-3-2-4-12-21/h2-4,7-8,10-12,16,19H,5-6,9,13-15,17H2,1H3,(H,24,27)(H,25,28)/t19-/m1/s1. The highest BCUT2D eigenvalue weighted by molar-refractivity contribution is 7.89. The van der Waals surface area contributed by atoms with Gasteiger partial charge in [0.2, 0.25) is 10.0 Å². The van der Waals surface area contributed by atoms with Crippen LogP contribution in [-0.4, -0.2) is 50.8 Å². The van der Waals surface area contributed by atoms with Crippen LogP contribution in [0.3, 0.4) is 0 Å². The Morgan fingerprint density at radius 3 is 2.53 bits per heavy atom. The van der Waals surface area contributed by atoms with Crippen molar-refractivity contribution in [3.05, 3.63) is 60.2 Å². The molecule has 2 N–H and O–H groups in total. The van der Waals surface area contributed by atoms with E-state index in [1.807, 2.05) is 6.07 Å². The Bertz CT molecular complexity index is 1030. The largest absolute Gasteiger partial charge is 0.497 e. The van der Waals surface area contributed by atoms with Crippen LogP contribution < -0.4 is 15.4 Å². The molecule has 0 aromatic heterocycles. The van der Waals surface area contributed by atoms with Crippen LogP contribution in [0.1, 0.15) is 31.2 Å². The molecule has 0 unspecified atom stereocenters. The Labute approximate surface area is 189 Å². The topological polar surface area (TPSA) is 105 Å². The minimum absolute atomic E-state index is 0.204. The third kappa shape index (κ3) is 6.08. The van der Waals surface area contributed by atoms with Crippen LogP contribution in [0.2, 0.25) is 0 Å². The van der Waals surface area contributed by atoms with E-state index in [1.54, 1.807) is 55.6 Å². The number of sulfonamides is 1. The van der Waals surface area contributed by atoms with Crippen LogP contribution in [0, 0.1) is 0 Å². The molecule has 3 rings (SSSR count). The fourth-order valence-electron chi connectivity index (χ4n) is 3.78. The first-order chi connectivity index (χ1) is 15.4. The fraction of sp³-hybridized carbons (Fsp3) is 0.391. The number of benzene rings is 2. The van der Waals surface area contributed by atoms with Crippen molar-refractivity contribution >= 4 is 21.8 Å². The zero-order valence-electron chi connectivity index (χ0n) is 18.1. The molecular formula is C23H29N3O5S. The van der Waals surface area contributed by atoms with Gasteiger partial charge in [-0.25, -0.2) is 8.42 Å². The summed E-state index contributed by atoms with van der Waals surface area (Å²) in [4.78, 5) is 24.5. The van der Waals surface area contributed by atoms with Crippen LogP contribution in [0.25, 0.3) is 0 Å². The Balaban J connectivity index is 1.50. The van der Waals surface area contributed by atoms with E-state index in [2.05, 4.69) is 10.6 Å². The molecule has 32 heavy (non-hydrogen) atoms. The van der Waals surface area contributed by atoms with Gasteiger partial charge in [0, 0.05) is 25.7 Å². The molecular weight excluding hydrogens is 430 g/mol. The average Bonchev–Trinajstić information content (AvgIpc) is 2.83. The van der Waals surface area contributed by atoms with Crippen LogP contribution in [-0.2, 0) is 26.2 Å². The van der Waals surface area contributed by atoms with Gasteiger partial charge in [0.1, 0.15) is 5.75 Å². The van der Waals surface area contributed by atoms with E-state index < -0.39 is 21.8 Å². The summed E-state index contributed by atoms with van der Waals surface area (Å²) in [7, 11) is -2.03. The van der Waals surface area contributed by atoms with Gasteiger partial charge in [-0.3, -0.25) is 9.59 Å². The summed E-state index contributed by atoms with van der Waals surface area (Å²) < 4.78 is 32.7. The fourth-order valence-corrected chi connectivity index (χ4v) is 5.53. The van der Waals surface area contributed by atoms with E-state index in [0.29, 0.717) is 18.7 Å². The number of ether oxygens (including phenoxy) is 1. The Morgan fingerprint density at radius 1 is 1.03 bits per heavy atom. The first-order valence-electron chi connectivity index (χ1n) is 10.7. The third-order valence-electron chi connectivity index (χ3n) is 5.48. The van der Waals surface area contributed by atoms with Gasteiger partial charge in [0.05, 0.1) is 12.0 Å². The number of nitrogens with one attached hydrogen (secondary N) is 2. The number of piperidine rings is 1. The van der Waals surface area contributed by atoms with Crippen molar-refractivity contribution in [2.45, 2.75) is 43.2 Å². The molecule has 0 saturated carbocycles. The zero-order valence-corrected chi connectivity index (χ0v) is 18.9. The van der Waals surface area contributed by atoms with Crippen molar-refractivity contribution in [1.29, 1.82) is 0 Å². The molecule has 0 aliphatic carbocycles. The Kier molecular flexibility index (Phi) is 8.24. The second kappa shape index (κ2) is 11.1. The number of rotatable bonds is 8. The Hall–Kier alpha value is -2.91. The summed E-state index contributed by atoms with van der Waals surface area (Å²) in [6.45, 7) is 0.878. The molecule has 8 nitrogen and oxygen atoms in total. The van der Waals surface area contributed by atoms with Crippen LogP contribution in [0.4, 0.5) is 0 Å². The first kappa shape index (κ1) is 23.7. The van der Waals surface area contributed by atoms with Crippen molar-refractivity contribution in [3.8, 4) is 5.75 Å². The van der Waals surface area contributed by atoms with Crippen LogP contribution in [0.5, 0.6) is 5.75 Å². The van der Waals surface area contributed by atoms with Crippen molar-refractivity contribution in [2.75, 3.05) is 20.2 Å². The lowest BCUT2D eigenvalue weighted by atomic mass is 10.0. The highest BCUT2D eigenvalue weighted by Crippen LogP contribution is 2.26. The van der Waals surface area contributed by atoms with Crippen molar-refractivity contribution in [1.82, 2.24) is 14.9 Å². The SMILES string of the molecule is COc1cccc(CNC(=O)C(=O)NCC[C@H]2CCCCN2S(=O)(=O)c2ccccc2)c1. The molecule has 0 radical (unpaired) electrons. The van der Waals surface area contributed by atoms with Gasteiger partial charge in [-0.2, -0.15) is 4.31 Å². The van der Waals surface area contributed by atoms with Gasteiger partial charge in [0.15, 0.2) is 0 Å². The summed E-state index contributed by atoms with van der Waals surface area (Å²) >= 11 is 0. The molecule has 2 amide bonds. The lowest BCUT2D eigenvalue weighted by Gasteiger charge is -2.34. The van der Waals surface area contributed by atoms with Crippen molar-refractivity contribution in [3.63, 3.8) is 0 Å². The maximum absolute atomic E-state index is 13.0.